The third-order valence-corrected chi connectivity index (χ3v) is 2.13. The van der Waals surface area contributed by atoms with Gasteiger partial charge in [-0.1, -0.05) is 12.8 Å². The van der Waals surface area contributed by atoms with E-state index in [1.54, 1.807) is 6.92 Å². The Bertz CT molecular complexity index is 193. The Morgan fingerprint density at radius 3 is 2.58 bits per heavy atom. The number of nitrogens with one attached hydrogen (secondary N) is 1. The van der Waals surface area contributed by atoms with Crippen molar-refractivity contribution in [3.63, 3.8) is 0 Å². The van der Waals surface area contributed by atoms with Gasteiger partial charge in [0.05, 0.1) is 0 Å². The van der Waals surface area contributed by atoms with Crippen LogP contribution in [0.4, 0.5) is 0 Å². The fraction of sp³-hybridized carbons (Fsp3) is 0.667. The Morgan fingerprint density at radius 1 is 1.50 bits per heavy atom. The van der Waals surface area contributed by atoms with Crippen LogP contribution in [-0.4, -0.2) is 17.1 Å². The summed E-state index contributed by atoms with van der Waals surface area (Å²) in [5, 5.41) is 11.6. The van der Waals surface area contributed by atoms with E-state index >= 15 is 0 Å². The van der Waals surface area contributed by atoms with Gasteiger partial charge >= 0.3 is 5.97 Å². The minimum absolute atomic E-state index is 0.501. The van der Waals surface area contributed by atoms with Crippen molar-refractivity contribution in [2.45, 2.75) is 38.6 Å². The number of carboxylic acids is 1. The van der Waals surface area contributed by atoms with Crippen LogP contribution in [0.3, 0.4) is 0 Å². The Hall–Kier alpha value is -0.990. The minimum atomic E-state index is -0.877. The molecule has 0 unspecified atom stereocenters. The third kappa shape index (κ3) is 2.95. The molecule has 3 heteroatoms. The van der Waals surface area contributed by atoms with E-state index in [0.29, 0.717) is 6.04 Å². The van der Waals surface area contributed by atoms with Crippen LogP contribution in [0, 0.1) is 0 Å². The molecule has 1 rings (SSSR count). The van der Waals surface area contributed by atoms with Crippen molar-refractivity contribution in [2.75, 3.05) is 0 Å². The van der Waals surface area contributed by atoms with E-state index in [9.17, 15) is 4.79 Å². The van der Waals surface area contributed by atoms with E-state index in [-0.39, 0.29) is 0 Å². The molecular formula is C9H15NO2. The average Bonchev–Trinajstić information content (AvgIpc) is 2.37. The summed E-state index contributed by atoms with van der Waals surface area (Å²) in [7, 11) is 0. The molecule has 1 aliphatic rings. The SMILES string of the molecule is C/C(=C/C(=O)O)NC1CCCC1. The monoisotopic (exact) mass is 169 g/mol. The first kappa shape index (κ1) is 9.10. The van der Waals surface area contributed by atoms with E-state index in [1.807, 2.05) is 0 Å². The molecule has 0 bridgehead atoms. The maximum Gasteiger partial charge on any atom is 0.330 e. The van der Waals surface area contributed by atoms with Crippen molar-refractivity contribution >= 4 is 5.97 Å². The summed E-state index contributed by atoms with van der Waals surface area (Å²) < 4.78 is 0. The van der Waals surface area contributed by atoms with Crippen molar-refractivity contribution < 1.29 is 9.90 Å². The number of allylic oxidation sites excluding steroid dienone is 1. The highest BCUT2D eigenvalue weighted by Crippen LogP contribution is 2.18. The molecule has 0 heterocycles. The molecule has 2 N–H and O–H groups in total. The molecule has 0 amide bonds. The first-order valence-corrected chi connectivity index (χ1v) is 4.36. The molecule has 1 aliphatic carbocycles. The topological polar surface area (TPSA) is 49.3 Å². The summed E-state index contributed by atoms with van der Waals surface area (Å²) in [4.78, 5) is 10.3. The fourth-order valence-corrected chi connectivity index (χ4v) is 1.62. The molecule has 0 spiro atoms. The number of rotatable bonds is 3. The van der Waals surface area contributed by atoms with Crippen LogP contribution in [0.1, 0.15) is 32.6 Å². The number of hydrogen-bond acceptors (Lipinski definition) is 2. The lowest BCUT2D eigenvalue weighted by Crippen LogP contribution is -2.24. The highest BCUT2D eigenvalue weighted by molar-refractivity contribution is 5.80. The molecule has 0 aromatic rings. The maximum absolute atomic E-state index is 10.3. The zero-order chi connectivity index (χ0) is 8.97. The molecule has 68 valence electrons. The summed E-state index contributed by atoms with van der Waals surface area (Å²) >= 11 is 0. The van der Waals surface area contributed by atoms with Crippen molar-refractivity contribution in [1.29, 1.82) is 0 Å². The Morgan fingerprint density at radius 2 is 2.08 bits per heavy atom. The predicted octanol–water partition coefficient (Wildman–Crippen LogP) is 1.51. The molecule has 0 saturated heterocycles. The highest BCUT2D eigenvalue weighted by Gasteiger charge is 2.13. The lowest BCUT2D eigenvalue weighted by Gasteiger charge is -2.12. The molecule has 0 aromatic heterocycles. The standard InChI is InChI=1S/C9H15NO2/c1-7(6-9(11)12)10-8-4-2-3-5-8/h6,8,10H,2-5H2,1H3,(H,11,12)/b7-6-. The molecular weight excluding hydrogens is 154 g/mol. The van der Waals surface area contributed by atoms with Crippen molar-refractivity contribution in [3.05, 3.63) is 11.8 Å². The zero-order valence-electron chi connectivity index (χ0n) is 7.34. The summed E-state index contributed by atoms with van der Waals surface area (Å²) in [5.41, 5.74) is 0.759. The van der Waals surface area contributed by atoms with Gasteiger partial charge in [0.2, 0.25) is 0 Å². The number of carboxylic acid groups (broad SMARTS) is 1. The molecule has 3 nitrogen and oxygen atoms in total. The maximum atomic E-state index is 10.3. The quantitative estimate of drug-likeness (QED) is 0.629. The Labute approximate surface area is 72.5 Å². The second-order valence-corrected chi connectivity index (χ2v) is 3.29. The Balaban J connectivity index is 2.34. The smallest absolute Gasteiger partial charge is 0.330 e. The lowest BCUT2D eigenvalue weighted by molar-refractivity contribution is -0.131. The van der Waals surface area contributed by atoms with E-state index in [4.69, 9.17) is 5.11 Å². The van der Waals surface area contributed by atoms with E-state index in [1.165, 1.54) is 31.8 Å². The van der Waals surface area contributed by atoms with Crippen molar-refractivity contribution in [2.24, 2.45) is 0 Å². The van der Waals surface area contributed by atoms with Crippen LogP contribution in [0.2, 0.25) is 0 Å². The summed E-state index contributed by atoms with van der Waals surface area (Å²) in [5.74, 6) is -0.877. The third-order valence-electron chi connectivity index (χ3n) is 2.13. The number of hydrogen-bond donors (Lipinski definition) is 2. The van der Waals surface area contributed by atoms with Gasteiger partial charge in [0.1, 0.15) is 0 Å². The number of aliphatic carboxylic acids is 1. The van der Waals surface area contributed by atoms with Crippen molar-refractivity contribution in [3.8, 4) is 0 Å². The summed E-state index contributed by atoms with van der Waals surface area (Å²) in [6, 6.07) is 0.501. The average molecular weight is 169 g/mol. The summed E-state index contributed by atoms with van der Waals surface area (Å²) in [6.07, 6.45) is 6.09. The van der Waals surface area contributed by atoms with Gasteiger partial charge in [-0.3, -0.25) is 0 Å². The Kier molecular flexibility index (Phi) is 3.14. The van der Waals surface area contributed by atoms with Gasteiger partial charge in [-0.15, -0.1) is 0 Å². The second kappa shape index (κ2) is 4.14. The van der Waals surface area contributed by atoms with Gasteiger partial charge in [0, 0.05) is 17.8 Å². The predicted molar refractivity (Wildman–Crippen MR) is 46.8 cm³/mol. The van der Waals surface area contributed by atoms with Crippen molar-refractivity contribution in [1.82, 2.24) is 5.32 Å². The zero-order valence-corrected chi connectivity index (χ0v) is 7.34. The minimum Gasteiger partial charge on any atom is -0.478 e. The number of carbonyl (C=O) groups is 1. The molecule has 1 fully saturated rings. The van der Waals surface area contributed by atoms with Gasteiger partial charge in [0.15, 0.2) is 0 Å². The normalized spacial score (nSPS) is 19.6. The van der Waals surface area contributed by atoms with Crippen LogP contribution in [0.25, 0.3) is 0 Å². The van der Waals surface area contributed by atoms with Gasteiger partial charge in [-0.05, 0) is 19.8 Å². The first-order valence-electron chi connectivity index (χ1n) is 4.36. The van der Waals surface area contributed by atoms with Gasteiger partial charge in [-0.2, -0.15) is 0 Å². The van der Waals surface area contributed by atoms with E-state index in [0.717, 1.165) is 5.70 Å². The van der Waals surface area contributed by atoms with Gasteiger partial charge in [0.25, 0.3) is 0 Å². The van der Waals surface area contributed by atoms with Crippen LogP contribution in [0.15, 0.2) is 11.8 Å². The van der Waals surface area contributed by atoms with Crippen LogP contribution in [0.5, 0.6) is 0 Å². The van der Waals surface area contributed by atoms with Gasteiger partial charge < -0.3 is 10.4 Å². The van der Waals surface area contributed by atoms with Gasteiger partial charge in [-0.25, -0.2) is 4.79 Å². The molecule has 12 heavy (non-hydrogen) atoms. The molecule has 0 aliphatic heterocycles. The molecule has 0 radical (unpaired) electrons. The second-order valence-electron chi connectivity index (χ2n) is 3.29. The fourth-order valence-electron chi connectivity index (χ4n) is 1.62. The summed E-state index contributed by atoms with van der Waals surface area (Å²) in [6.45, 7) is 1.80. The largest absolute Gasteiger partial charge is 0.478 e. The first-order chi connectivity index (χ1) is 5.68. The molecule has 0 atom stereocenters. The van der Waals surface area contributed by atoms with E-state index < -0.39 is 5.97 Å². The lowest BCUT2D eigenvalue weighted by atomic mass is 10.2. The molecule has 1 saturated carbocycles. The van der Waals surface area contributed by atoms with E-state index in [2.05, 4.69) is 5.32 Å². The molecule has 0 aromatic carbocycles. The van der Waals surface area contributed by atoms with Crippen LogP contribution < -0.4 is 5.32 Å². The van der Waals surface area contributed by atoms with Crippen LogP contribution >= 0.6 is 0 Å². The highest BCUT2D eigenvalue weighted by atomic mass is 16.4. The van der Waals surface area contributed by atoms with Crippen LogP contribution in [-0.2, 0) is 4.79 Å².